The zero-order chi connectivity index (χ0) is 12.7. The summed E-state index contributed by atoms with van der Waals surface area (Å²) in [6, 6.07) is 1.54. The fourth-order valence-electron chi connectivity index (χ4n) is 1.57. The number of hydrogen-bond donors (Lipinski definition) is 1. The second-order valence-corrected chi connectivity index (χ2v) is 4.03. The maximum Gasteiger partial charge on any atom is 0.342 e. The van der Waals surface area contributed by atoms with Gasteiger partial charge >= 0.3 is 6.03 Å². The number of hydrogen-bond acceptors (Lipinski definition) is 3. The number of ether oxygens (including phenoxy) is 1. The van der Waals surface area contributed by atoms with E-state index in [9.17, 15) is 4.79 Å². The number of nitrogens with one attached hydrogen (secondary N) is 1. The van der Waals surface area contributed by atoms with Gasteiger partial charge < -0.3 is 10.1 Å². The summed E-state index contributed by atoms with van der Waals surface area (Å²) in [5.41, 5.74) is 0.771. The van der Waals surface area contributed by atoms with Crippen LogP contribution >= 0.6 is 0 Å². The molecule has 1 rings (SSSR count). The molecule has 0 saturated carbocycles. The SMILES string of the molecule is CCCCCCNC(=O)n1nc(OC)cc1C. The molecular weight excluding hydrogens is 218 g/mol. The van der Waals surface area contributed by atoms with Gasteiger partial charge in [-0.05, 0) is 13.3 Å². The molecule has 0 radical (unpaired) electrons. The zero-order valence-electron chi connectivity index (χ0n) is 10.8. The molecule has 1 aromatic rings. The topological polar surface area (TPSA) is 56.2 Å². The van der Waals surface area contributed by atoms with Gasteiger partial charge in [-0.3, -0.25) is 0 Å². The van der Waals surface area contributed by atoms with Crippen molar-refractivity contribution in [1.29, 1.82) is 0 Å². The molecule has 1 amide bonds. The Morgan fingerprint density at radius 2 is 2.24 bits per heavy atom. The van der Waals surface area contributed by atoms with E-state index in [1.54, 1.807) is 6.07 Å². The van der Waals surface area contributed by atoms with Crippen LogP contribution in [0.5, 0.6) is 5.88 Å². The monoisotopic (exact) mass is 239 g/mol. The van der Waals surface area contributed by atoms with Crippen LogP contribution in [-0.2, 0) is 0 Å². The fourth-order valence-corrected chi connectivity index (χ4v) is 1.57. The molecule has 0 saturated heterocycles. The van der Waals surface area contributed by atoms with Crippen LogP contribution in [0, 0.1) is 6.92 Å². The van der Waals surface area contributed by atoms with Crippen LogP contribution in [0.2, 0.25) is 0 Å². The van der Waals surface area contributed by atoms with Crippen molar-refractivity contribution < 1.29 is 9.53 Å². The van der Waals surface area contributed by atoms with Gasteiger partial charge in [-0.2, -0.15) is 4.68 Å². The van der Waals surface area contributed by atoms with E-state index in [2.05, 4.69) is 17.3 Å². The minimum absolute atomic E-state index is 0.192. The lowest BCUT2D eigenvalue weighted by atomic mass is 10.2. The normalized spacial score (nSPS) is 10.3. The molecular formula is C12H21N3O2. The van der Waals surface area contributed by atoms with Crippen molar-refractivity contribution in [3.05, 3.63) is 11.8 Å². The highest BCUT2D eigenvalue weighted by Crippen LogP contribution is 2.09. The van der Waals surface area contributed by atoms with Crippen molar-refractivity contribution >= 4 is 6.03 Å². The Bertz CT molecular complexity index is 361. The van der Waals surface area contributed by atoms with Crippen LogP contribution in [0.1, 0.15) is 38.3 Å². The van der Waals surface area contributed by atoms with Crippen LogP contribution in [0.15, 0.2) is 6.07 Å². The van der Waals surface area contributed by atoms with E-state index in [0.717, 1.165) is 18.5 Å². The molecule has 0 bridgehead atoms. The van der Waals surface area contributed by atoms with Gasteiger partial charge in [0.25, 0.3) is 0 Å². The first-order chi connectivity index (χ1) is 8.19. The first kappa shape index (κ1) is 13.5. The van der Waals surface area contributed by atoms with Gasteiger partial charge in [0, 0.05) is 12.6 Å². The molecule has 0 spiro atoms. The van der Waals surface area contributed by atoms with Gasteiger partial charge in [-0.1, -0.05) is 26.2 Å². The molecule has 0 aromatic carbocycles. The molecule has 0 unspecified atom stereocenters. The third kappa shape index (κ3) is 4.09. The second-order valence-electron chi connectivity index (χ2n) is 4.03. The van der Waals surface area contributed by atoms with Gasteiger partial charge in [0.2, 0.25) is 5.88 Å². The summed E-state index contributed by atoms with van der Waals surface area (Å²) >= 11 is 0. The summed E-state index contributed by atoms with van der Waals surface area (Å²) in [7, 11) is 1.54. The maximum absolute atomic E-state index is 11.8. The molecule has 5 nitrogen and oxygen atoms in total. The van der Waals surface area contributed by atoms with Gasteiger partial charge in [0.05, 0.1) is 12.8 Å². The Kier molecular flexibility index (Phi) is 5.52. The number of aryl methyl sites for hydroxylation is 1. The molecule has 17 heavy (non-hydrogen) atoms. The summed E-state index contributed by atoms with van der Waals surface area (Å²) in [6.45, 7) is 4.69. The number of amides is 1. The number of aromatic nitrogens is 2. The Hall–Kier alpha value is -1.52. The van der Waals surface area contributed by atoms with Crippen molar-refractivity contribution in [1.82, 2.24) is 15.1 Å². The van der Waals surface area contributed by atoms with Crippen molar-refractivity contribution in [3.63, 3.8) is 0 Å². The first-order valence-electron chi connectivity index (χ1n) is 6.08. The molecule has 1 heterocycles. The molecule has 0 atom stereocenters. The van der Waals surface area contributed by atoms with Crippen molar-refractivity contribution in [2.75, 3.05) is 13.7 Å². The highest BCUT2D eigenvalue weighted by Gasteiger charge is 2.10. The third-order valence-electron chi connectivity index (χ3n) is 2.57. The molecule has 96 valence electrons. The lowest BCUT2D eigenvalue weighted by Gasteiger charge is -2.05. The average Bonchev–Trinajstić information content (AvgIpc) is 2.70. The van der Waals surface area contributed by atoms with Gasteiger partial charge in [-0.25, -0.2) is 4.79 Å². The lowest BCUT2D eigenvalue weighted by molar-refractivity contribution is 0.238. The number of methoxy groups -OCH3 is 1. The van der Waals surface area contributed by atoms with Gasteiger partial charge in [0.15, 0.2) is 0 Å². The van der Waals surface area contributed by atoms with Gasteiger partial charge in [0.1, 0.15) is 0 Å². The maximum atomic E-state index is 11.8. The molecule has 5 heteroatoms. The molecule has 1 N–H and O–H groups in total. The Morgan fingerprint density at radius 3 is 2.82 bits per heavy atom. The van der Waals surface area contributed by atoms with E-state index in [1.165, 1.54) is 24.6 Å². The number of unbranched alkanes of at least 4 members (excludes halogenated alkanes) is 3. The number of nitrogens with zero attached hydrogens (tertiary/aromatic N) is 2. The minimum atomic E-state index is -0.192. The van der Waals surface area contributed by atoms with Crippen LogP contribution < -0.4 is 10.1 Å². The van der Waals surface area contributed by atoms with Crippen LogP contribution in [0.25, 0.3) is 0 Å². The predicted molar refractivity (Wildman–Crippen MR) is 66.5 cm³/mol. The minimum Gasteiger partial charge on any atom is -0.480 e. The first-order valence-corrected chi connectivity index (χ1v) is 6.08. The third-order valence-corrected chi connectivity index (χ3v) is 2.57. The van der Waals surface area contributed by atoms with Crippen LogP contribution in [-0.4, -0.2) is 29.5 Å². The average molecular weight is 239 g/mol. The van der Waals surface area contributed by atoms with Gasteiger partial charge in [-0.15, -0.1) is 5.10 Å². The zero-order valence-corrected chi connectivity index (χ0v) is 10.8. The number of rotatable bonds is 6. The van der Waals surface area contributed by atoms with E-state index in [0.29, 0.717) is 12.4 Å². The smallest absolute Gasteiger partial charge is 0.342 e. The van der Waals surface area contributed by atoms with Crippen molar-refractivity contribution in [2.24, 2.45) is 0 Å². The largest absolute Gasteiger partial charge is 0.480 e. The molecule has 0 aliphatic heterocycles. The van der Waals surface area contributed by atoms with Crippen molar-refractivity contribution in [3.8, 4) is 5.88 Å². The van der Waals surface area contributed by atoms with Crippen LogP contribution in [0.3, 0.4) is 0 Å². The molecule has 0 aliphatic rings. The summed E-state index contributed by atoms with van der Waals surface area (Å²) in [4.78, 5) is 11.8. The summed E-state index contributed by atoms with van der Waals surface area (Å²) < 4.78 is 6.30. The second kappa shape index (κ2) is 6.93. The lowest BCUT2D eigenvalue weighted by Crippen LogP contribution is -2.30. The Morgan fingerprint density at radius 1 is 1.47 bits per heavy atom. The van der Waals surface area contributed by atoms with E-state index in [-0.39, 0.29) is 6.03 Å². The Balaban J connectivity index is 2.38. The summed E-state index contributed by atoms with van der Waals surface area (Å²) in [5.74, 6) is 0.462. The highest BCUT2D eigenvalue weighted by molar-refractivity contribution is 5.76. The van der Waals surface area contributed by atoms with E-state index in [4.69, 9.17) is 4.74 Å². The van der Waals surface area contributed by atoms with Crippen LogP contribution in [0.4, 0.5) is 4.79 Å². The Labute approximate surface area is 102 Å². The molecule has 0 fully saturated rings. The van der Waals surface area contributed by atoms with E-state index >= 15 is 0 Å². The summed E-state index contributed by atoms with van der Waals surface area (Å²) in [5, 5.41) is 6.87. The standard InChI is InChI=1S/C12H21N3O2/c1-4-5-6-7-8-13-12(16)15-10(2)9-11(14-15)17-3/h9H,4-8H2,1-3H3,(H,13,16). The quantitative estimate of drug-likeness (QED) is 0.775. The molecule has 1 aromatic heterocycles. The molecule has 0 aliphatic carbocycles. The number of carbonyl (C=O) groups is 1. The van der Waals surface area contributed by atoms with Crippen molar-refractivity contribution in [2.45, 2.75) is 39.5 Å². The number of carbonyl (C=O) groups excluding carboxylic acids is 1. The van der Waals surface area contributed by atoms with E-state index < -0.39 is 0 Å². The predicted octanol–water partition coefficient (Wildman–Crippen LogP) is 2.34. The fraction of sp³-hybridized carbons (Fsp3) is 0.667. The summed E-state index contributed by atoms with van der Waals surface area (Å²) in [6.07, 6.45) is 4.57. The highest BCUT2D eigenvalue weighted by atomic mass is 16.5. The van der Waals surface area contributed by atoms with E-state index in [1.807, 2.05) is 6.92 Å².